The zero-order valence-corrected chi connectivity index (χ0v) is 36.0. The second kappa shape index (κ2) is 23.6. The van der Waals surface area contributed by atoms with Gasteiger partial charge in [-0.15, -0.1) is 11.8 Å². The molecule has 0 saturated carbocycles. The van der Waals surface area contributed by atoms with Gasteiger partial charge in [0, 0.05) is 38.1 Å². The van der Waals surface area contributed by atoms with Crippen LogP contribution in [0.5, 0.6) is 0 Å². The summed E-state index contributed by atoms with van der Waals surface area (Å²) in [6.07, 6.45) is -3.09. The fraction of sp³-hybridized carbons (Fsp3) is 0.611. The third-order valence-electron chi connectivity index (χ3n) is 9.71. The summed E-state index contributed by atoms with van der Waals surface area (Å²) in [7, 11) is 0. The zero-order chi connectivity index (χ0) is 47.9. The molecule has 0 spiro atoms. The SMILES string of the molecule is CC(=O)NC(CCCC(=O)NC1(NC=O)C(=O)N2C(C(=O)O)=C(COC(=O)CC(O)C(CCCN=C(N)N)N(C(=O)[C@H](C)NC(=O)[C@H](C)NC(C)=O)[C@@H](C)C(N)=O)CSC21)C(=O)O. The molecule has 2 rings (SSSR count). The number of esters is 1. The molecule has 0 aromatic heterocycles. The normalized spacial score (nSPS) is 19.4. The number of ether oxygens (including phenoxy) is 1. The van der Waals surface area contributed by atoms with E-state index in [2.05, 4.69) is 31.6 Å². The minimum atomic E-state index is -2.11. The highest BCUT2D eigenvalue weighted by atomic mass is 32.2. The minimum Gasteiger partial charge on any atom is -0.480 e. The van der Waals surface area contributed by atoms with Crippen molar-refractivity contribution in [3.8, 4) is 0 Å². The van der Waals surface area contributed by atoms with Crippen molar-refractivity contribution >= 4 is 83.4 Å². The molecule has 2 aliphatic rings. The number of carbonyl (C=O) groups excluding carboxylic acids is 9. The number of aliphatic carboxylic acids is 2. The first kappa shape index (κ1) is 52.6. The number of aliphatic hydroxyl groups excluding tert-OH is 1. The van der Waals surface area contributed by atoms with Gasteiger partial charge >= 0.3 is 17.9 Å². The molecule has 0 aromatic carbocycles. The van der Waals surface area contributed by atoms with Crippen LogP contribution in [0.15, 0.2) is 16.3 Å². The van der Waals surface area contributed by atoms with E-state index in [1.54, 1.807) is 0 Å². The van der Waals surface area contributed by atoms with Gasteiger partial charge in [-0.2, -0.15) is 0 Å². The van der Waals surface area contributed by atoms with Crippen LogP contribution in [0.1, 0.15) is 73.1 Å². The molecule has 350 valence electrons. The van der Waals surface area contributed by atoms with Gasteiger partial charge in [0.2, 0.25) is 47.5 Å². The van der Waals surface area contributed by atoms with Gasteiger partial charge < -0.3 is 68.7 Å². The lowest BCUT2D eigenvalue weighted by Gasteiger charge is -2.56. The van der Waals surface area contributed by atoms with Gasteiger partial charge in [-0.3, -0.25) is 53.0 Å². The molecule has 0 aliphatic carbocycles. The summed E-state index contributed by atoms with van der Waals surface area (Å²) < 4.78 is 5.33. The largest absolute Gasteiger partial charge is 0.480 e. The summed E-state index contributed by atoms with van der Waals surface area (Å²) in [5.41, 5.74) is 13.6. The molecule has 63 heavy (non-hydrogen) atoms. The van der Waals surface area contributed by atoms with Crippen molar-refractivity contribution in [3.63, 3.8) is 0 Å². The average molecular weight is 914 g/mol. The number of carboxylic acids is 2. The molecular weight excluding hydrogens is 859 g/mol. The Kier molecular flexibility index (Phi) is 19.7. The number of carboxylic acid groups (broad SMARTS) is 2. The highest BCUT2D eigenvalue weighted by Crippen LogP contribution is 2.45. The van der Waals surface area contributed by atoms with Gasteiger partial charge in [0.25, 0.3) is 5.91 Å². The Morgan fingerprint density at radius 1 is 0.968 bits per heavy atom. The van der Waals surface area contributed by atoms with Gasteiger partial charge in [-0.25, -0.2) is 9.59 Å². The Labute approximate surface area is 364 Å². The monoisotopic (exact) mass is 913 g/mol. The van der Waals surface area contributed by atoms with Crippen LogP contribution >= 0.6 is 11.8 Å². The Balaban J connectivity index is 2.30. The van der Waals surface area contributed by atoms with Crippen molar-refractivity contribution in [2.24, 2.45) is 22.2 Å². The Hall–Kier alpha value is -6.51. The molecule has 8 amide bonds. The first-order chi connectivity index (χ1) is 29.4. The number of nitrogens with one attached hydrogen (secondary N) is 5. The molecule has 0 radical (unpaired) electrons. The lowest BCUT2D eigenvalue weighted by Crippen LogP contribution is -2.85. The van der Waals surface area contributed by atoms with E-state index in [1.165, 1.54) is 27.7 Å². The molecule has 27 heteroatoms. The quantitative estimate of drug-likeness (QED) is 0.00736. The maximum Gasteiger partial charge on any atom is 0.352 e. The van der Waals surface area contributed by atoms with Crippen molar-refractivity contribution in [2.75, 3.05) is 18.9 Å². The third kappa shape index (κ3) is 14.3. The Morgan fingerprint density at radius 2 is 1.60 bits per heavy atom. The van der Waals surface area contributed by atoms with Crippen molar-refractivity contribution < 1.29 is 72.8 Å². The number of primary amides is 1. The predicted octanol–water partition coefficient (Wildman–Crippen LogP) is -4.99. The number of aliphatic imine (C=N–C) groups is 1. The number of fused-ring (bicyclic) bond motifs is 1. The van der Waals surface area contributed by atoms with Crippen molar-refractivity contribution in [3.05, 3.63) is 11.3 Å². The van der Waals surface area contributed by atoms with E-state index in [4.69, 9.17) is 21.9 Å². The second-order valence-electron chi connectivity index (χ2n) is 14.6. The maximum absolute atomic E-state index is 13.9. The molecule has 1 saturated heterocycles. The van der Waals surface area contributed by atoms with Crippen LogP contribution in [-0.4, -0.2) is 163 Å². The summed E-state index contributed by atoms with van der Waals surface area (Å²) in [6, 6.07) is -6.48. The number of hydrogen-bond acceptors (Lipinski definition) is 15. The number of amides is 8. The molecule has 0 bridgehead atoms. The number of guanidine groups is 1. The molecular formula is C36H55N11O15S. The predicted molar refractivity (Wildman–Crippen MR) is 219 cm³/mol. The Morgan fingerprint density at radius 3 is 2.14 bits per heavy atom. The van der Waals surface area contributed by atoms with Gasteiger partial charge in [-0.1, -0.05) is 0 Å². The summed E-state index contributed by atoms with van der Waals surface area (Å²) in [5, 5.41) is 41.4. The van der Waals surface area contributed by atoms with Gasteiger partial charge in [0.15, 0.2) is 5.96 Å². The molecule has 2 heterocycles. The molecule has 14 N–H and O–H groups in total. The van der Waals surface area contributed by atoms with E-state index in [0.717, 1.165) is 28.5 Å². The van der Waals surface area contributed by atoms with E-state index < -0.39 is 125 Å². The first-order valence-corrected chi connectivity index (χ1v) is 20.5. The highest BCUT2D eigenvalue weighted by Gasteiger charge is 2.66. The number of nitrogens with zero attached hydrogens (tertiary/aromatic N) is 3. The standard InChI is InChI=1S/C36H55N11O15S/c1-16(42-19(4)49)29(55)43-17(2)30(56)46(18(3)28(37)54)23(9-7-11-40-35(38)39)24(51)12-26(53)62-13-21-14-63-34-36(41-15-48,33(61)47(34)27(21)32(59)60)45-25(52)10-6-8-22(31(57)58)44-20(5)50/h15-18,22-24,34,51H,6-14H2,1-5H3,(H2,37,54)(H,41,48)(H,42,49)(H,43,55)(H,44,50)(H,45,52)(H,57,58)(H,59,60)(H4,38,39,40)/t16-,17-,18-,22?,23?,24?,34?,36?/m0/s1. The van der Waals surface area contributed by atoms with Crippen LogP contribution < -0.4 is 43.8 Å². The highest BCUT2D eigenvalue weighted by molar-refractivity contribution is 8.00. The summed E-state index contributed by atoms with van der Waals surface area (Å²) in [6.45, 7) is 5.47. The first-order valence-electron chi connectivity index (χ1n) is 19.4. The number of rotatable bonds is 26. The number of β-lactam (4-membered cyclic amide) rings is 1. The van der Waals surface area contributed by atoms with Crippen molar-refractivity contribution in [1.82, 2.24) is 36.4 Å². The number of hydrogen-bond donors (Lipinski definition) is 11. The van der Waals surface area contributed by atoms with Crippen LogP contribution in [-0.2, 0) is 57.5 Å². The van der Waals surface area contributed by atoms with Gasteiger partial charge in [-0.05, 0) is 46.5 Å². The topological polar surface area (TPSA) is 415 Å². The maximum atomic E-state index is 13.9. The number of carbonyl (C=O) groups is 11. The molecule has 26 nitrogen and oxygen atoms in total. The minimum absolute atomic E-state index is 0.00994. The summed E-state index contributed by atoms with van der Waals surface area (Å²) >= 11 is 0.897. The van der Waals surface area contributed by atoms with Crippen LogP contribution in [0.25, 0.3) is 0 Å². The second-order valence-corrected chi connectivity index (χ2v) is 15.7. The van der Waals surface area contributed by atoms with E-state index in [0.29, 0.717) is 0 Å². The van der Waals surface area contributed by atoms with Crippen LogP contribution in [0.2, 0.25) is 0 Å². The molecule has 1 fully saturated rings. The Bertz CT molecular complexity index is 1880. The number of nitrogens with two attached hydrogens (primary N) is 3. The van der Waals surface area contributed by atoms with E-state index in [-0.39, 0.29) is 62.3 Å². The van der Waals surface area contributed by atoms with Crippen LogP contribution in [0.3, 0.4) is 0 Å². The van der Waals surface area contributed by atoms with E-state index >= 15 is 0 Å². The number of thioether (sulfide) groups is 1. The van der Waals surface area contributed by atoms with Gasteiger partial charge in [0.1, 0.15) is 41.8 Å². The average Bonchev–Trinajstić information content (AvgIpc) is 3.18. The van der Waals surface area contributed by atoms with Gasteiger partial charge in [0.05, 0.1) is 18.6 Å². The number of aliphatic hydroxyl groups is 1. The summed E-state index contributed by atoms with van der Waals surface area (Å²) in [4.78, 5) is 143. The lowest BCUT2D eigenvalue weighted by atomic mass is 9.94. The molecule has 5 unspecified atom stereocenters. The molecule has 2 aliphatic heterocycles. The lowest BCUT2D eigenvalue weighted by molar-refractivity contribution is -0.162. The van der Waals surface area contributed by atoms with Crippen LogP contribution in [0, 0.1) is 0 Å². The third-order valence-corrected chi connectivity index (χ3v) is 11.1. The molecule has 0 aromatic rings. The smallest absolute Gasteiger partial charge is 0.352 e. The summed E-state index contributed by atoms with van der Waals surface area (Å²) in [5.74, 6) is -10.2. The zero-order valence-electron chi connectivity index (χ0n) is 35.2. The fourth-order valence-electron chi connectivity index (χ4n) is 6.69. The van der Waals surface area contributed by atoms with Crippen molar-refractivity contribution in [2.45, 2.75) is 120 Å². The molecule has 8 atom stereocenters. The van der Waals surface area contributed by atoms with Crippen LogP contribution in [0.4, 0.5) is 0 Å². The van der Waals surface area contributed by atoms with E-state index in [1.807, 2.05) is 0 Å². The fourth-order valence-corrected chi connectivity index (χ4v) is 8.10. The van der Waals surface area contributed by atoms with Crippen molar-refractivity contribution in [1.29, 1.82) is 0 Å². The van der Waals surface area contributed by atoms with E-state index in [9.17, 15) is 68.1 Å².